The lowest BCUT2D eigenvalue weighted by molar-refractivity contribution is 0.444. The van der Waals surface area contributed by atoms with Crippen LogP contribution in [0.25, 0.3) is 0 Å². The number of nitrogens with two attached hydrogens (primary N) is 1. The van der Waals surface area contributed by atoms with Gasteiger partial charge in [0.2, 0.25) is 0 Å². The fourth-order valence-electron chi connectivity index (χ4n) is 0.609. The first-order chi connectivity index (χ1) is 4.70. The summed E-state index contributed by atoms with van der Waals surface area (Å²) in [6.07, 6.45) is 0. The molecule has 0 radical (unpaired) electrons. The van der Waals surface area contributed by atoms with Crippen LogP contribution >= 0.6 is 11.6 Å². The quantitative estimate of drug-likeness (QED) is 0.386. The van der Waals surface area contributed by atoms with Gasteiger partial charge in [0.15, 0.2) is 0 Å². The van der Waals surface area contributed by atoms with Crippen molar-refractivity contribution in [3.63, 3.8) is 0 Å². The Morgan fingerprint density at radius 3 is 2.60 bits per heavy atom. The Labute approximate surface area is 62.9 Å². The lowest BCUT2D eigenvalue weighted by Gasteiger charge is -2.04. The van der Waals surface area contributed by atoms with Crippen molar-refractivity contribution in [2.75, 3.05) is 5.23 Å². The molecular weight excluding hydrogens is 155 g/mol. The molecule has 0 unspecified atom stereocenters. The predicted octanol–water partition coefficient (Wildman–Crippen LogP) is 1.90. The van der Waals surface area contributed by atoms with E-state index in [1.165, 1.54) is 12.1 Å². The van der Waals surface area contributed by atoms with Gasteiger partial charge in [-0.2, -0.15) is 0 Å². The average molecular weight is 161 g/mol. The molecule has 0 aliphatic rings. The Balaban J connectivity index is 2.96. The van der Waals surface area contributed by atoms with Crippen LogP contribution in [0.15, 0.2) is 24.3 Å². The highest BCUT2D eigenvalue weighted by atomic mass is 35.5. The van der Waals surface area contributed by atoms with Gasteiger partial charge in [0.25, 0.3) is 0 Å². The van der Waals surface area contributed by atoms with Gasteiger partial charge in [0, 0.05) is 5.02 Å². The van der Waals surface area contributed by atoms with Gasteiger partial charge in [-0.1, -0.05) is 22.1 Å². The number of hydrazine groups is 1. The van der Waals surface area contributed by atoms with Crippen LogP contribution in [0.5, 0.6) is 0 Å². The largest absolute Gasteiger partial charge is 0.218 e. The molecule has 0 aliphatic carbocycles. The number of anilines is 1. The molecule has 0 bridgehead atoms. The van der Waals surface area contributed by atoms with Crippen molar-refractivity contribution < 1.29 is 4.48 Å². The smallest absolute Gasteiger partial charge is 0.0887 e. The maximum absolute atomic E-state index is 12.2. The molecule has 1 rings (SSSR count). The number of halogens is 2. The van der Waals surface area contributed by atoms with E-state index >= 15 is 0 Å². The summed E-state index contributed by atoms with van der Waals surface area (Å²) in [5.41, 5.74) is 0.243. The predicted molar refractivity (Wildman–Crippen MR) is 39.2 cm³/mol. The third-order valence-electron chi connectivity index (χ3n) is 1.05. The second kappa shape index (κ2) is 2.86. The summed E-state index contributed by atoms with van der Waals surface area (Å²) in [6.45, 7) is 0. The molecule has 0 heterocycles. The van der Waals surface area contributed by atoms with Crippen LogP contribution in [-0.4, -0.2) is 0 Å². The summed E-state index contributed by atoms with van der Waals surface area (Å²) < 4.78 is 12.2. The fourth-order valence-corrected chi connectivity index (χ4v) is 0.794. The minimum Gasteiger partial charge on any atom is -0.218 e. The van der Waals surface area contributed by atoms with Crippen LogP contribution in [0.1, 0.15) is 0 Å². The molecule has 0 aromatic heterocycles. The molecule has 0 spiro atoms. The monoisotopic (exact) mass is 160 g/mol. The Kier molecular flexibility index (Phi) is 2.09. The highest BCUT2D eigenvalue weighted by Gasteiger charge is 1.97. The molecule has 10 heavy (non-hydrogen) atoms. The third-order valence-corrected chi connectivity index (χ3v) is 1.29. The maximum atomic E-state index is 12.2. The van der Waals surface area contributed by atoms with E-state index in [2.05, 4.69) is 0 Å². The first-order valence-electron chi connectivity index (χ1n) is 2.66. The van der Waals surface area contributed by atoms with E-state index < -0.39 is 0 Å². The minimum absolute atomic E-state index is 0.0197. The van der Waals surface area contributed by atoms with Gasteiger partial charge < -0.3 is 0 Å². The Hall–Kier alpha value is -0.800. The van der Waals surface area contributed by atoms with Gasteiger partial charge in [-0.15, -0.1) is 5.23 Å². The van der Waals surface area contributed by atoms with Gasteiger partial charge in [0.05, 0.1) is 5.69 Å². The van der Waals surface area contributed by atoms with E-state index in [9.17, 15) is 4.48 Å². The van der Waals surface area contributed by atoms with Crippen molar-refractivity contribution in [1.82, 2.24) is 0 Å². The molecule has 0 saturated heterocycles. The second-order valence-electron chi connectivity index (χ2n) is 1.79. The number of rotatable bonds is 1. The van der Waals surface area contributed by atoms with E-state index in [1.54, 1.807) is 12.1 Å². The molecule has 2 N–H and O–H groups in total. The standard InChI is InChI=1S/C6H6ClFN2/c7-5-2-1-3-6(4-5)10(8)9/h1-4H,9H2. The van der Waals surface area contributed by atoms with Crippen molar-refractivity contribution in [2.24, 2.45) is 5.84 Å². The van der Waals surface area contributed by atoms with Crippen LogP contribution in [-0.2, 0) is 0 Å². The van der Waals surface area contributed by atoms with Crippen molar-refractivity contribution >= 4 is 17.3 Å². The van der Waals surface area contributed by atoms with Crippen molar-refractivity contribution in [3.8, 4) is 0 Å². The topological polar surface area (TPSA) is 29.3 Å². The van der Waals surface area contributed by atoms with Gasteiger partial charge in [-0.25, -0.2) is 5.84 Å². The Morgan fingerprint density at radius 2 is 2.20 bits per heavy atom. The molecular formula is C6H6ClFN2. The summed E-state index contributed by atoms with van der Waals surface area (Å²) in [5.74, 6) is 4.79. The normalized spacial score (nSPS) is 9.50. The Morgan fingerprint density at radius 1 is 1.50 bits per heavy atom. The number of benzene rings is 1. The average Bonchev–Trinajstić information content (AvgIpc) is 1.88. The molecule has 1 aromatic carbocycles. The van der Waals surface area contributed by atoms with Gasteiger partial charge in [0.1, 0.15) is 0 Å². The third kappa shape index (κ3) is 1.59. The van der Waals surface area contributed by atoms with E-state index in [0.717, 1.165) is 0 Å². The van der Waals surface area contributed by atoms with Crippen molar-refractivity contribution in [3.05, 3.63) is 29.3 Å². The van der Waals surface area contributed by atoms with Gasteiger partial charge in [-0.3, -0.25) is 0 Å². The zero-order chi connectivity index (χ0) is 7.56. The van der Waals surface area contributed by atoms with E-state index in [4.69, 9.17) is 17.4 Å². The van der Waals surface area contributed by atoms with Crippen molar-refractivity contribution in [1.29, 1.82) is 0 Å². The van der Waals surface area contributed by atoms with E-state index in [0.29, 0.717) is 5.02 Å². The molecule has 0 aliphatic heterocycles. The summed E-state index contributed by atoms with van der Waals surface area (Å²) >= 11 is 5.54. The van der Waals surface area contributed by atoms with E-state index in [-0.39, 0.29) is 10.9 Å². The zero-order valence-electron chi connectivity index (χ0n) is 5.09. The lowest BCUT2D eigenvalue weighted by Crippen LogP contribution is -2.19. The van der Waals surface area contributed by atoms with Crippen LogP contribution in [0.4, 0.5) is 10.2 Å². The van der Waals surface area contributed by atoms with Gasteiger partial charge in [-0.05, 0) is 18.2 Å². The molecule has 0 amide bonds. The fraction of sp³-hybridized carbons (Fsp3) is 0. The molecule has 1 aromatic rings. The van der Waals surface area contributed by atoms with Crippen molar-refractivity contribution in [2.45, 2.75) is 0 Å². The molecule has 4 heteroatoms. The molecule has 0 saturated carbocycles. The van der Waals surface area contributed by atoms with Gasteiger partial charge >= 0.3 is 0 Å². The molecule has 54 valence electrons. The molecule has 0 fully saturated rings. The summed E-state index contributed by atoms with van der Waals surface area (Å²) in [5, 5.41) is 0.483. The first kappa shape index (κ1) is 7.31. The number of hydrogen-bond acceptors (Lipinski definition) is 2. The van der Waals surface area contributed by atoms with E-state index in [1.807, 2.05) is 0 Å². The Bertz CT molecular complexity index is 227. The summed E-state index contributed by atoms with van der Waals surface area (Å²) in [4.78, 5) is 0. The number of hydrogen-bond donors (Lipinski definition) is 1. The summed E-state index contributed by atoms with van der Waals surface area (Å²) in [7, 11) is 0. The first-order valence-corrected chi connectivity index (χ1v) is 3.04. The lowest BCUT2D eigenvalue weighted by atomic mass is 10.3. The zero-order valence-corrected chi connectivity index (χ0v) is 5.85. The number of nitrogens with zero attached hydrogens (tertiary/aromatic N) is 1. The van der Waals surface area contributed by atoms with Crippen LogP contribution < -0.4 is 11.1 Å². The molecule has 0 atom stereocenters. The second-order valence-corrected chi connectivity index (χ2v) is 2.23. The highest BCUT2D eigenvalue weighted by molar-refractivity contribution is 6.30. The van der Waals surface area contributed by atoms with Crippen LogP contribution in [0.2, 0.25) is 5.02 Å². The SMILES string of the molecule is NN(F)c1cccc(Cl)c1. The summed E-state index contributed by atoms with van der Waals surface area (Å²) in [6, 6.07) is 6.22. The highest BCUT2D eigenvalue weighted by Crippen LogP contribution is 2.16. The molecule has 2 nitrogen and oxygen atoms in total. The van der Waals surface area contributed by atoms with Crippen LogP contribution in [0.3, 0.4) is 0 Å². The minimum atomic E-state index is 0.0197. The maximum Gasteiger partial charge on any atom is 0.0887 e. The van der Waals surface area contributed by atoms with Crippen LogP contribution in [0, 0.1) is 0 Å².